The number of carbonyl (C=O) groups is 1. The van der Waals surface area contributed by atoms with Gasteiger partial charge in [0.05, 0.1) is 6.20 Å². The predicted octanol–water partition coefficient (Wildman–Crippen LogP) is 3.09. The Morgan fingerprint density at radius 2 is 2.04 bits per heavy atom. The molecule has 146 valence electrons. The van der Waals surface area contributed by atoms with Crippen LogP contribution in [0.1, 0.15) is 17.4 Å². The number of anilines is 2. The number of nitrogens with one attached hydrogen (secondary N) is 1. The van der Waals surface area contributed by atoms with Gasteiger partial charge < -0.3 is 15.8 Å². The van der Waals surface area contributed by atoms with Crippen LogP contribution in [0.3, 0.4) is 0 Å². The third-order valence-corrected chi connectivity index (χ3v) is 3.66. The van der Waals surface area contributed by atoms with E-state index in [1.807, 2.05) is 6.92 Å². The lowest BCUT2D eigenvalue weighted by Gasteiger charge is -2.14. The minimum absolute atomic E-state index is 0.00329. The third kappa shape index (κ3) is 4.19. The van der Waals surface area contributed by atoms with Crippen LogP contribution >= 0.6 is 0 Å². The number of nitrogens with zero attached hydrogens (tertiary/aromatic N) is 4. The molecule has 0 aliphatic rings. The Hall–Kier alpha value is -3.63. The summed E-state index contributed by atoms with van der Waals surface area (Å²) >= 11 is 0. The number of hydrogen-bond donors (Lipinski definition) is 2. The molecule has 0 bridgehead atoms. The number of carbonyl (C=O) groups excluding carboxylic acids is 1. The van der Waals surface area contributed by atoms with Crippen molar-refractivity contribution in [1.82, 2.24) is 19.7 Å². The lowest BCUT2D eigenvalue weighted by Crippen LogP contribution is -2.19. The maximum absolute atomic E-state index is 12.6. The highest BCUT2D eigenvalue weighted by Gasteiger charge is 2.32. The van der Waals surface area contributed by atoms with Gasteiger partial charge in [0, 0.05) is 18.3 Å². The molecule has 0 aliphatic carbocycles. The number of alkyl halides is 3. The number of hydrogen-bond acceptors (Lipinski definition) is 6. The molecule has 3 aromatic rings. The Labute approximate surface area is 157 Å². The van der Waals surface area contributed by atoms with Crippen molar-refractivity contribution in [3.8, 4) is 17.0 Å². The zero-order valence-corrected chi connectivity index (χ0v) is 14.6. The first kappa shape index (κ1) is 19.1. The molecule has 0 atom stereocenters. The van der Waals surface area contributed by atoms with Crippen molar-refractivity contribution in [2.24, 2.45) is 0 Å². The minimum Gasteiger partial charge on any atom is -0.405 e. The van der Waals surface area contributed by atoms with Crippen molar-refractivity contribution < 1.29 is 22.7 Å². The maximum atomic E-state index is 12.6. The number of para-hydroxylation sites is 1. The minimum atomic E-state index is -4.87. The number of benzene rings is 1. The Kier molecular flexibility index (Phi) is 5.16. The number of nitrogen functional groups attached to an aromatic ring is 1. The number of ether oxygens (including phenoxy) is 1. The fraction of sp³-hybridized carbons (Fsp3) is 0.176. The standard InChI is InChI=1S/C17H15F3N6O2/c1-2-26-11(7-8-23-26)16(27)25-13-9-22-14(15(21)24-13)10-5-3-4-6-12(10)28-17(18,19)20/h3-9H,2H2,1H3,(H3,21,24,25,27). The average Bonchev–Trinajstić information content (AvgIpc) is 3.10. The first-order chi connectivity index (χ1) is 13.3. The fourth-order valence-corrected chi connectivity index (χ4v) is 2.51. The molecule has 0 unspecified atom stereocenters. The van der Waals surface area contributed by atoms with Gasteiger partial charge in [0.2, 0.25) is 0 Å². The van der Waals surface area contributed by atoms with Crippen molar-refractivity contribution in [2.45, 2.75) is 19.8 Å². The van der Waals surface area contributed by atoms with Crippen LogP contribution in [-0.2, 0) is 6.54 Å². The molecule has 8 nitrogen and oxygen atoms in total. The molecule has 0 aliphatic heterocycles. The summed E-state index contributed by atoms with van der Waals surface area (Å²) < 4.78 is 43.3. The van der Waals surface area contributed by atoms with Crippen molar-refractivity contribution in [1.29, 1.82) is 0 Å². The van der Waals surface area contributed by atoms with Crippen molar-refractivity contribution in [3.05, 3.63) is 48.4 Å². The molecule has 0 radical (unpaired) electrons. The zero-order chi connectivity index (χ0) is 20.3. The SMILES string of the molecule is CCn1nccc1C(=O)Nc1cnc(-c2ccccc2OC(F)(F)F)c(N)n1. The number of aryl methyl sites for hydroxylation is 1. The molecule has 2 aromatic heterocycles. The van der Waals surface area contributed by atoms with E-state index in [1.165, 1.54) is 41.3 Å². The van der Waals surface area contributed by atoms with Crippen LogP contribution in [0.2, 0.25) is 0 Å². The monoisotopic (exact) mass is 392 g/mol. The van der Waals surface area contributed by atoms with Gasteiger partial charge in [0.1, 0.15) is 17.1 Å². The Morgan fingerprint density at radius 1 is 1.29 bits per heavy atom. The Morgan fingerprint density at radius 3 is 2.71 bits per heavy atom. The second-order valence-electron chi connectivity index (χ2n) is 5.52. The Balaban J connectivity index is 1.87. The van der Waals surface area contributed by atoms with E-state index in [1.54, 1.807) is 0 Å². The normalized spacial score (nSPS) is 11.3. The average molecular weight is 392 g/mol. The van der Waals surface area contributed by atoms with Crippen molar-refractivity contribution in [3.63, 3.8) is 0 Å². The second kappa shape index (κ2) is 7.55. The number of rotatable bonds is 5. The van der Waals surface area contributed by atoms with Gasteiger partial charge in [-0.1, -0.05) is 12.1 Å². The molecule has 11 heteroatoms. The molecule has 1 aromatic carbocycles. The van der Waals surface area contributed by atoms with Gasteiger partial charge in [0.15, 0.2) is 11.6 Å². The first-order valence-corrected chi connectivity index (χ1v) is 8.09. The summed E-state index contributed by atoms with van der Waals surface area (Å²) in [6.45, 7) is 2.33. The fourth-order valence-electron chi connectivity index (χ4n) is 2.51. The zero-order valence-electron chi connectivity index (χ0n) is 14.6. The van der Waals surface area contributed by atoms with Crippen LogP contribution in [-0.4, -0.2) is 32.0 Å². The molecule has 0 saturated carbocycles. The molecular formula is C17H15F3N6O2. The number of aromatic nitrogens is 4. The van der Waals surface area contributed by atoms with Gasteiger partial charge in [-0.15, -0.1) is 13.2 Å². The largest absolute Gasteiger partial charge is 0.573 e. The lowest BCUT2D eigenvalue weighted by atomic mass is 10.1. The van der Waals surface area contributed by atoms with Crippen molar-refractivity contribution in [2.75, 3.05) is 11.1 Å². The van der Waals surface area contributed by atoms with E-state index in [-0.39, 0.29) is 22.9 Å². The summed E-state index contributed by atoms with van der Waals surface area (Å²) in [7, 11) is 0. The maximum Gasteiger partial charge on any atom is 0.573 e. The van der Waals surface area contributed by atoms with E-state index in [4.69, 9.17) is 5.73 Å². The number of nitrogens with two attached hydrogens (primary N) is 1. The van der Waals surface area contributed by atoms with Crippen molar-refractivity contribution >= 4 is 17.5 Å². The lowest BCUT2D eigenvalue weighted by molar-refractivity contribution is -0.274. The summed E-state index contributed by atoms with van der Waals surface area (Å²) in [5, 5.41) is 6.52. The topological polar surface area (TPSA) is 108 Å². The van der Waals surface area contributed by atoms with Gasteiger partial charge in [0.25, 0.3) is 5.91 Å². The van der Waals surface area contributed by atoms with Crippen LogP contribution in [0.15, 0.2) is 42.7 Å². The molecule has 0 saturated heterocycles. The molecule has 3 N–H and O–H groups in total. The van der Waals surface area contributed by atoms with E-state index in [0.29, 0.717) is 12.2 Å². The molecule has 1 amide bonds. The Bertz CT molecular complexity index is 1000. The van der Waals surface area contributed by atoms with Crippen LogP contribution < -0.4 is 15.8 Å². The summed E-state index contributed by atoms with van der Waals surface area (Å²) in [6.07, 6.45) is -2.19. The molecule has 0 spiro atoms. The third-order valence-electron chi connectivity index (χ3n) is 3.66. The molecule has 0 fully saturated rings. The highest BCUT2D eigenvalue weighted by molar-refractivity contribution is 6.02. The van der Waals surface area contributed by atoms with E-state index >= 15 is 0 Å². The van der Waals surface area contributed by atoms with Crippen LogP contribution in [0.25, 0.3) is 11.3 Å². The molecular weight excluding hydrogens is 377 g/mol. The van der Waals surface area contributed by atoms with Gasteiger partial charge in [-0.2, -0.15) is 5.10 Å². The highest BCUT2D eigenvalue weighted by Crippen LogP contribution is 2.34. The van der Waals surface area contributed by atoms with Crippen LogP contribution in [0, 0.1) is 0 Å². The summed E-state index contributed by atoms with van der Waals surface area (Å²) in [6, 6.07) is 6.96. The summed E-state index contributed by atoms with van der Waals surface area (Å²) in [5.74, 6) is -1.05. The summed E-state index contributed by atoms with van der Waals surface area (Å²) in [5.41, 5.74) is 6.19. The first-order valence-electron chi connectivity index (χ1n) is 8.09. The quantitative estimate of drug-likeness (QED) is 0.691. The molecule has 28 heavy (non-hydrogen) atoms. The predicted molar refractivity (Wildman–Crippen MR) is 94.4 cm³/mol. The molecule has 2 heterocycles. The van der Waals surface area contributed by atoms with E-state index in [0.717, 1.165) is 6.07 Å². The molecule has 3 rings (SSSR count). The van der Waals surface area contributed by atoms with Gasteiger partial charge in [-0.05, 0) is 25.1 Å². The number of halogens is 3. The smallest absolute Gasteiger partial charge is 0.405 e. The van der Waals surface area contributed by atoms with Crippen LogP contribution in [0.4, 0.5) is 24.8 Å². The summed E-state index contributed by atoms with van der Waals surface area (Å²) in [4.78, 5) is 20.4. The van der Waals surface area contributed by atoms with Gasteiger partial charge in [-0.25, -0.2) is 9.97 Å². The number of amides is 1. The highest BCUT2D eigenvalue weighted by atomic mass is 19.4. The van der Waals surface area contributed by atoms with Crippen LogP contribution in [0.5, 0.6) is 5.75 Å². The van der Waals surface area contributed by atoms with E-state index in [9.17, 15) is 18.0 Å². The van der Waals surface area contributed by atoms with Gasteiger partial charge >= 0.3 is 6.36 Å². The van der Waals surface area contributed by atoms with Gasteiger partial charge in [-0.3, -0.25) is 9.48 Å². The second-order valence-corrected chi connectivity index (χ2v) is 5.52. The van der Waals surface area contributed by atoms with E-state index in [2.05, 4.69) is 25.1 Å². The van der Waals surface area contributed by atoms with E-state index < -0.39 is 18.0 Å².